The fourth-order valence-electron chi connectivity index (χ4n) is 3.73. The van der Waals surface area contributed by atoms with E-state index < -0.39 is 0 Å². The van der Waals surface area contributed by atoms with Crippen molar-refractivity contribution >= 4 is 17.5 Å². The Morgan fingerprint density at radius 2 is 1.83 bits per heavy atom. The number of carbonyl (C=O) groups excluding carboxylic acids is 2. The van der Waals surface area contributed by atoms with Crippen LogP contribution in [-0.4, -0.2) is 60.9 Å². The number of anilines is 1. The van der Waals surface area contributed by atoms with Gasteiger partial charge in [-0.25, -0.2) is 0 Å². The molecule has 1 aliphatic rings. The van der Waals surface area contributed by atoms with Crippen molar-refractivity contribution in [3.8, 4) is 0 Å². The van der Waals surface area contributed by atoms with Crippen molar-refractivity contribution in [2.24, 2.45) is 0 Å². The molecular weight excluding hydrogens is 366 g/mol. The van der Waals surface area contributed by atoms with Crippen LogP contribution in [0.5, 0.6) is 0 Å². The first kappa shape index (κ1) is 21.0. The number of morpholine rings is 1. The fourth-order valence-corrected chi connectivity index (χ4v) is 3.73. The molecule has 1 saturated heterocycles. The minimum Gasteiger partial charge on any atom is -0.370 e. The Morgan fingerprint density at radius 1 is 1.10 bits per heavy atom. The number of rotatable bonds is 5. The Bertz CT molecular complexity index is 853. The quantitative estimate of drug-likeness (QED) is 0.845. The number of amides is 2. The van der Waals surface area contributed by atoms with Crippen LogP contribution in [0.15, 0.2) is 54.6 Å². The van der Waals surface area contributed by atoms with Gasteiger partial charge in [-0.1, -0.05) is 36.4 Å². The number of ether oxygens (including phenoxy) is 1. The maximum atomic E-state index is 12.7. The average molecular weight is 396 g/mol. The van der Waals surface area contributed by atoms with E-state index in [4.69, 9.17) is 4.74 Å². The van der Waals surface area contributed by atoms with Gasteiger partial charge in [0, 0.05) is 37.4 Å². The standard InChI is InChI=1S/C23H29N3O3/c1-16-15-29-22(18-9-6-5-7-10-18)17(2)26(16)14-21(27)24-20-12-8-11-19(13-20)23(28)25(3)4/h5-13,16-17,22H,14-15H2,1-4H3,(H,24,27). The zero-order valence-corrected chi connectivity index (χ0v) is 17.5. The van der Waals surface area contributed by atoms with Crippen molar-refractivity contribution in [1.29, 1.82) is 0 Å². The van der Waals surface area contributed by atoms with E-state index >= 15 is 0 Å². The van der Waals surface area contributed by atoms with E-state index in [9.17, 15) is 9.59 Å². The van der Waals surface area contributed by atoms with Crippen LogP contribution in [0, 0.1) is 0 Å². The lowest BCUT2D eigenvalue weighted by molar-refractivity contribution is -0.127. The van der Waals surface area contributed by atoms with Gasteiger partial charge < -0.3 is 15.0 Å². The van der Waals surface area contributed by atoms with Gasteiger partial charge >= 0.3 is 0 Å². The zero-order valence-electron chi connectivity index (χ0n) is 17.5. The molecule has 0 saturated carbocycles. The third-order valence-corrected chi connectivity index (χ3v) is 5.30. The van der Waals surface area contributed by atoms with Crippen LogP contribution in [0.25, 0.3) is 0 Å². The van der Waals surface area contributed by atoms with Crippen molar-refractivity contribution in [2.45, 2.75) is 32.0 Å². The first-order valence-corrected chi connectivity index (χ1v) is 9.90. The summed E-state index contributed by atoms with van der Waals surface area (Å²) in [6, 6.07) is 17.3. The molecule has 2 aromatic rings. The Morgan fingerprint density at radius 3 is 2.52 bits per heavy atom. The van der Waals surface area contributed by atoms with Gasteiger partial charge in [-0.05, 0) is 37.6 Å². The molecule has 6 nitrogen and oxygen atoms in total. The highest BCUT2D eigenvalue weighted by atomic mass is 16.5. The topological polar surface area (TPSA) is 61.9 Å². The summed E-state index contributed by atoms with van der Waals surface area (Å²) in [6.07, 6.45) is -0.0683. The molecule has 2 aromatic carbocycles. The Labute approximate surface area is 172 Å². The lowest BCUT2D eigenvalue weighted by Gasteiger charge is -2.43. The normalized spacial score (nSPS) is 22.1. The number of hydrogen-bond acceptors (Lipinski definition) is 4. The summed E-state index contributed by atoms with van der Waals surface area (Å²) in [5.41, 5.74) is 2.29. The molecule has 0 bridgehead atoms. The third-order valence-electron chi connectivity index (χ3n) is 5.30. The number of hydrogen-bond donors (Lipinski definition) is 1. The van der Waals surface area contributed by atoms with Crippen LogP contribution >= 0.6 is 0 Å². The van der Waals surface area contributed by atoms with E-state index in [1.165, 1.54) is 4.90 Å². The number of carbonyl (C=O) groups is 2. The summed E-state index contributed by atoms with van der Waals surface area (Å²) in [5, 5.41) is 2.93. The molecule has 0 aromatic heterocycles. The predicted molar refractivity (Wildman–Crippen MR) is 114 cm³/mol. The van der Waals surface area contributed by atoms with Gasteiger partial charge in [-0.2, -0.15) is 0 Å². The first-order valence-electron chi connectivity index (χ1n) is 9.90. The lowest BCUT2D eigenvalue weighted by atomic mass is 9.98. The second kappa shape index (κ2) is 9.20. The molecular formula is C23H29N3O3. The van der Waals surface area contributed by atoms with E-state index in [1.54, 1.807) is 38.4 Å². The van der Waals surface area contributed by atoms with Crippen LogP contribution in [0.3, 0.4) is 0 Å². The lowest BCUT2D eigenvalue weighted by Crippen LogP contribution is -2.53. The second-order valence-electron chi connectivity index (χ2n) is 7.76. The molecule has 3 rings (SSSR count). The zero-order chi connectivity index (χ0) is 21.0. The number of benzene rings is 2. The molecule has 1 aliphatic heterocycles. The summed E-state index contributed by atoms with van der Waals surface area (Å²) < 4.78 is 6.07. The molecule has 0 aliphatic carbocycles. The first-order chi connectivity index (χ1) is 13.9. The van der Waals surface area contributed by atoms with E-state index in [0.717, 1.165) is 5.56 Å². The smallest absolute Gasteiger partial charge is 0.253 e. The van der Waals surface area contributed by atoms with Crippen molar-refractivity contribution in [3.63, 3.8) is 0 Å². The van der Waals surface area contributed by atoms with Gasteiger partial charge in [-0.3, -0.25) is 14.5 Å². The summed E-state index contributed by atoms with van der Waals surface area (Å²) in [6.45, 7) is 5.00. The second-order valence-corrected chi connectivity index (χ2v) is 7.76. The molecule has 6 heteroatoms. The largest absolute Gasteiger partial charge is 0.370 e. The van der Waals surface area contributed by atoms with Crippen LogP contribution in [0.2, 0.25) is 0 Å². The van der Waals surface area contributed by atoms with Gasteiger partial charge in [0.1, 0.15) is 0 Å². The monoisotopic (exact) mass is 395 g/mol. The minimum atomic E-state index is -0.105. The number of nitrogens with one attached hydrogen (secondary N) is 1. The summed E-state index contributed by atoms with van der Waals surface area (Å²) >= 11 is 0. The van der Waals surface area contributed by atoms with Crippen molar-refractivity contribution in [2.75, 3.05) is 32.6 Å². The van der Waals surface area contributed by atoms with Crippen molar-refractivity contribution < 1.29 is 14.3 Å². The maximum Gasteiger partial charge on any atom is 0.253 e. The molecule has 3 atom stereocenters. The van der Waals surface area contributed by atoms with E-state index in [0.29, 0.717) is 17.9 Å². The molecule has 1 N–H and O–H groups in total. The number of nitrogens with zero attached hydrogens (tertiary/aromatic N) is 2. The van der Waals surface area contributed by atoms with Crippen LogP contribution in [-0.2, 0) is 9.53 Å². The molecule has 3 unspecified atom stereocenters. The highest BCUT2D eigenvalue weighted by Gasteiger charge is 2.35. The van der Waals surface area contributed by atoms with Gasteiger partial charge in [0.25, 0.3) is 5.91 Å². The van der Waals surface area contributed by atoms with Crippen molar-refractivity contribution in [1.82, 2.24) is 9.80 Å². The van der Waals surface area contributed by atoms with Gasteiger partial charge in [0.05, 0.1) is 19.3 Å². The summed E-state index contributed by atoms with van der Waals surface area (Å²) in [7, 11) is 3.41. The Balaban J connectivity index is 1.68. The Kier molecular flexibility index (Phi) is 6.67. The molecule has 154 valence electrons. The molecule has 0 radical (unpaired) electrons. The van der Waals surface area contributed by atoms with Gasteiger partial charge in [0.2, 0.25) is 5.91 Å². The Hall–Kier alpha value is -2.70. The molecule has 1 fully saturated rings. The van der Waals surface area contributed by atoms with E-state index in [1.807, 2.05) is 18.2 Å². The average Bonchev–Trinajstić information content (AvgIpc) is 2.71. The fraction of sp³-hybridized carbons (Fsp3) is 0.391. The van der Waals surface area contributed by atoms with E-state index in [2.05, 4.69) is 36.2 Å². The van der Waals surface area contributed by atoms with Gasteiger partial charge in [-0.15, -0.1) is 0 Å². The third kappa shape index (κ3) is 5.02. The minimum absolute atomic E-state index is 0.0635. The van der Waals surface area contributed by atoms with Crippen LogP contribution in [0.4, 0.5) is 5.69 Å². The molecule has 2 amide bonds. The van der Waals surface area contributed by atoms with E-state index in [-0.39, 0.29) is 36.5 Å². The summed E-state index contributed by atoms with van der Waals surface area (Å²) in [5.74, 6) is -0.200. The highest BCUT2D eigenvalue weighted by molar-refractivity contribution is 5.97. The highest BCUT2D eigenvalue weighted by Crippen LogP contribution is 2.30. The maximum absolute atomic E-state index is 12.7. The predicted octanol–water partition coefficient (Wildman–Crippen LogP) is 3.18. The van der Waals surface area contributed by atoms with Crippen molar-refractivity contribution in [3.05, 3.63) is 65.7 Å². The molecule has 1 heterocycles. The van der Waals surface area contributed by atoms with Crippen LogP contribution < -0.4 is 5.32 Å². The van der Waals surface area contributed by atoms with Gasteiger partial charge in [0.15, 0.2) is 0 Å². The van der Waals surface area contributed by atoms with Crippen LogP contribution in [0.1, 0.15) is 35.9 Å². The summed E-state index contributed by atoms with van der Waals surface area (Å²) in [4.78, 5) is 28.6. The molecule has 0 spiro atoms. The SMILES string of the molecule is CC1COC(c2ccccc2)C(C)N1CC(=O)Nc1cccc(C(=O)N(C)C)c1. The molecule has 29 heavy (non-hydrogen) atoms.